The fraction of sp³-hybridized carbons (Fsp3) is 0.947. The summed E-state index contributed by atoms with van der Waals surface area (Å²) in [5.41, 5.74) is 0. The monoisotopic (exact) mass is 891 g/mol. The third-order valence-electron chi connectivity index (χ3n) is 13.4. The Kier molecular flexibility index (Phi) is 50.1. The molecule has 0 fully saturated rings. The summed E-state index contributed by atoms with van der Waals surface area (Å²) in [6.45, 7) is 9.05. The Balaban J connectivity index is 4.28. The molecule has 0 heterocycles. The second-order valence-corrected chi connectivity index (χ2v) is 19.8. The molecule has 0 rings (SSSR count). The molecule has 0 N–H and O–H groups in total. The Morgan fingerprint density at radius 2 is 0.556 bits per heavy atom. The molecular weight excluding hydrogens is 781 g/mol. The highest BCUT2D eigenvalue weighted by Gasteiger charge is 2.19. The summed E-state index contributed by atoms with van der Waals surface area (Å²) in [6.07, 6.45) is 55.2. The zero-order valence-electron chi connectivity index (χ0n) is 43.0. The first kappa shape index (κ1) is 61.4. The second kappa shape index (κ2) is 51.4. The van der Waals surface area contributed by atoms with E-state index in [4.69, 9.17) is 14.2 Å². The normalized spacial score (nSPS) is 12.4. The van der Waals surface area contributed by atoms with Gasteiger partial charge in [0.2, 0.25) is 0 Å². The molecule has 374 valence electrons. The smallest absolute Gasteiger partial charge is 0.306 e. The Labute approximate surface area is 393 Å². The lowest BCUT2D eigenvalue weighted by atomic mass is 9.99. The van der Waals surface area contributed by atoms with Crippen LogP contribution in [0.25, 0.3) is 0 Å². The van der Waals surface area contributed by atoms with Gasteiger partial charge in [0, 0.05) is 19.3 Å². The summed E-state index contributed by atoms with van der Waals surface area (Å²) >= 11 is 0. The average Bonchev–Trinajstić information content (AvgIpc) is 3.28. The van der Waals surface area contributed by atoms with Crippen LogP contribution in [0.3, 0.4) is 0 Å². The molecule has 0 radical (unpaired) electrons. The van der Waals surface area contributed by atoms with E-state index < -0.39 is 6.10 Å². The molecule has 0 saturated carbocycles. The number of carbonyl (C=O) groups is 3. The standard InChI is InChI=1S/C57H110O6/c1-5-8-10-12-14-16-18-20-22-23-24-25-26-28-30-32-38-42-46-50-57(60)63-54(52-62-56(59)49-45-41-37-34-33-35-39-43-47-53(4)7-3)51-61-55(58)48-44-40-36-31-29-27-21-19-17-15-13-11-9-6-2/h53-54H,5-52H2,1-4H3/t53?,54-/m0/s1. The molecule has 0 bridgehead atoms. The third-order valence-corrected chi connectivity index (χ3v) is 13.4. The van der Waals surface area contributed by atoms with Gasteiger partial charge in [0.15, 0.2) is 6.10 Å². The van der Waals surface area contributed by atoms with E-state index in [1.165, 1.54) is 218 Å². The van der Waals surface area contributed by atoms with Crippen LogP contribution in [-0.2, 0) is 28.6 Å². The molecule has 1 unspecified atom stereocenters. The average molecular weight is 892 g/mol. The maximum absolute atomic E-state index is 12.8. The number of carbonyl (C=O) groups excluding carboxylic acids is 3. The lowest BCUT2D eigenvalue weighted by Crippen LogP contribution is -2.30. The van der Waals surface area contributed by atoms with Gasteiger partial charge in [-0.05, 0) is 25.2 Å². The molecule has 6 heteroatoms. The Hall–Kier alpha value is -1.59. The third kappa shape index (κ3) is 49.7. The minimum atomic E-state index is -0.762. The van der Waals surface area contributed by atoms with Gasteiger partial charge >= 0.3 is 17.9 Å². The van der Waals surface area contributed by atoms with E-state index in [1.54, 1.807) is 0 Å². The van der Waals surface area contributed by atoms with Crippen molar-refractivity contribution in [3.63, 3.8) is 0 Å². The largest absolute Gasteiger partial charge is 0.462 e. The highest BCUT2D eigenvalue weighted by atomic mass is 16.6. The van der Waals surface area contributed by atoms with Crippen LogP contribution in [0.5, 0.6) is 0 Å². The van der Waals surface area contributed by atoms with Crippen molar-refractivity contribution in [2.24, 2.45) is 5.92 Å². The van der Waals surface area contributed by atoms with Crippen molar-refractivity contribution in [2.45, 2.75) is 329 Å². The van der Waals surface area contributed by atoms with Crippen LogP contribution in [-0.4, -0.2) is 37.2 Å². The fourth-order valence-electron chi connectivity index (χ4n) is 8.72. The quantitative estimate of drug-likeness (QED) is 0.0344. The van der Waals surface area contributed by atoms with Gasteiger partial charge in [0.05, 0.1) is 0 Å². The summed E-state index contributed by atoms with van der Waals surface area (Å²) in [7, 11) is 0. The summed E-state index contributed by atoms with van der Waals surface area (Å²) in [5, 5.41) is 0. The van der Waals surface area contributed by atoms with Gasteiger partial charge in [-0.25, -0.2) is 0 Å². The van der Waals surface area contributed by atoms with Crippen LogP contribution in [0.4, 0.5) is 0 Å². The van der Waals surface area contributed by atoms with Crippen LogP contribution in [0.15, 0.2) is 0 Å². The molecule has 0 aromatic carbocycles. The van der Waals surface area contributed by atoms with E-state index in [-0.39, 0.29) is 31.1 Å². The lowest BCUT2D eigenvalue weighted by Gasteiger charge is -2.18. The van der Waals surface area contributed by atoms with Crippen molar-refractivity contribution in [3.05, 3.63) is 0 Å². The first-order chi connectivity index (χ1) is 30.9. The Morgan fingerprint density at radius 1 is 0.317 bits per heavy atom. The van der Waals surface area contributed by atoms with E-state index in [9.17, 15) is 14.4 Å². The number of unbranched alkanes of at least 4 members (excludes halogenated alkanes) is 38. The van der Waals surface area contributed by atoms with E-state index in [0.29, 0.717) is 19.3 Å². The van der Waals surface area contributed by atoms with Crippen molar-refractivity contribution < 1.29 is 28.6 Å². The molecule has 0 spiro atoms. The van der Waals surface area contributed by atoms with E-state index >= 15 is 0 Å². The first-order valence-electron chi connectivity index (χ1n) is 28.4. The van der Waals surface area contributed by atoms with Gasteiger partial charge < -0.3 is 14.2 Å². The van der Waals surface area contributed by atoms with Gasteiger partial charge in [0.25, 0.3) is 0 Å². The van der Waals surface area contributed by atoms with E-state index in [0.717, 1.165) is 63.7 Å². The van der Waals surface area contributed by atoms with Crippen molar-refractivity contribution >= 4 is 17.9 Å². The molecule has 63 heavy (non-hydrogen) atoms. The van der Waals surface area contributed by atoms with Crippen LogP contribution < -0.4 is 0 Å². The molecule has 0 aromatic rings. The molecule has 0 aliphatic rings. The highest BCUT2D eigenvalue weighted by Crippen LogP contribution is 2.18. The minimum Gasteiger partial charge on any atom is -0.462 e. The first-order valence-corrected chi connectivity index (χ1v) is 28.4. The van der Waals surface area contributed by atoms with E-state index in [2.05, 4.69) is 27.7 Å². The van der Waals surface area contributed by atoms with Gasteiger partial charge in [-0.3, -0.25) is 14.4 Å². The molecule has 0 amide bonds. The van der Waals surface area contributed by atoms with Gasteiger partial charge in [0.1, 0.15) is 13.2 Å². The van der Waals surface area contributed by atoms with Crippen molar-refractivity contribution in [1.82, 2.24) is 0 Å². The van der Waals surface area contributed by atoms with Gasteiger partial charge in [-0.1, -0.05) is 285 Å². The summed E-state index contributed by atoms with van der Waals surface area (Å²) in [4.78, 5) is 38.1. The highest BCUT2D eigenvalue weighted by molar-refractivity contribution is 5.71. The van der Waals surface area contributed by atoms with Crippen LogP contribution in [0.1, 0.15) is 323 Å². The Bertz CT molecular complexity index is 951. The van der Waals surface area contributed by atoms with Crippen molar-refractivity contribution in [1.29, 1.82) is 0 Å². The second-order valence-electron chi connectivity index (χ2n) is 19.8. The van der Waals surface area contributed by atoms with Crippen molar-refractivity contribution in [2.75, 3.05) is 13.2 Å². The predicted octanol–water partition coefficient (Wildman–Crippen LogP) is 18.6. The predicted molar refractivity (Wildman–Crippen MR) is 270 cm³/mol. The molecule has 0 aromatic heterocycles. The zero-order chi connectivity index (χ0) is 45.9. The number of hydrogen-bond donors (Lipinski definition) is 0. The molecule has 0 saturated heterocycles. The molecule has 0 aliphatic heterocycles. The molecule has 6 nitrogen and oxygen atoms in total. The number of esters is 3. The van der Waals surface area contributed by atoms with Crippen LogP contribution in [0, 0.1) is 5.92 Å². The number of rotatable bonds is 52. The maximum Gasteiger partial charge on any atom is 0.306 e. The Morgan fingerprint density at radius 3 is 0.825 bits per heavy atom. The van der Waals surface area contributed by atoms with Gasteiger partial charge in [-0.2, -0.15) is 0 Å². The minimum absolute atomic E-state index is 0.0625. The van der Waals surface area contributed by atoms with Crippen molar-refractivity contribution in [3.8, 4) is 0 Å². The lowest BCUT2D eigenvalue weighted by molar-refractivity contribution is -0.167. The summed E-state index contributed by atoms with van der Waals surface area (Å²) < 4.78 is 16.9. The van der Waals surface area contributed by atoms with Gasteiger partial charge in [-0.15, -0.1) is 0 Å². The molecule has 2 atom stereocenters. The topological polar surface area (TPSA) is 78.9 Å². The SMILES string of the molecule is CCCCCCCCCCCCCCCCCCCCCC(=O)O[C@@H](COC(=O)CCCCCCCCCCCCCCCC)COC(=O)CCCCCCCCCCC(C)CC. The zero-order valence-corrected chi connectivity index (χ0v) is 43.0. The molecular formula is C57H110O6. The number of ether oxygens (including phenoxy) is 3. The number of hydrogen-bond acceptors (Lipinski definition) is 6. The maximum atomic E-state index is 12.8. The summed E-state index contributed by atoms with van der Waals surface area (Å²) in [6, 6.07) is 0. The van der Waals surface area contributed by atoms with Crippen LogP contribution in [0.2, 0.25) is 0 Å². The fourth-order valence-corrected chi connectivity index (χ4v) is 8.72. The summed E-state index contributed by atoms with van der Waals surface area (Å²) in [5.74, 6) is 0.00848. The molecule has 0 aliphatic carbocycles. The van der Waals surface area contributed by atoms with Crippen LogP contribution >= 0.6 is 0 Å². The van der Waals surface area contributed by atoms with E-state index in [1.807, 2.05) is 0 Å².